The molecule has 132 valence electrons. The maximum Gasteiger partial charge on any atom is 0.259 e. The average Bonchev–Trinajstić information content (AvgIpc) is 2.87. The first-order valence-corrected chi connectivity index (χ1v) is 8.94. The molecule has 0 bridgehead atoms. The molecule has 0 radical (unpaired) electrons. The summed E-state index contributed by atoms with van der Waals surface area (Å²) in [4.78, 5) is 15.2. The van der Waals surface area contributed by atoms with Crippen molar-refractivity contribution in [1.82, 2.24) is 0 Å². The van der Waals surface area contributed by atoms with E-state index in [1.165, 1.54) is 0 Å². The van der Waals surface area contributed by atoms with Gasteiger partial charge in [0.2, 0.25) is 0 Å². The van der Waals surface area contributed by atoms with Crippen molar-refractivity contribution < 1.29 is 9.53 Å². The first-order valence-electron chi connectivity index (χ1n) is 8.56. The molecule has 1 amide bonds. The van der Waals surface area contributed by atoms with Crippen molar-refractivity contribution in [3.63, 3.8) is 0 Å². The molecule has 3 nitrogen and oxygen atoms in total. The van der Waals surface area contributed by atoms with Crippen LogP contribution in [0.5, 0.6) is 5.75 Å². The minimum absolute atomic E-state index is 0.0122. The van der Waals surface area contributed by atoms with Crippen LogP contribution in [0.4, 0.5) is 5.69 Å². The van der Waals surface area contributed by atoms with E-state index in [1.54, 1.807) is 7.11 Å². The second-order valence-electron chi connectivity index (χ2n) is 7.30. The second kappa shape index (κ2) is 5.75. The Kier molecular flexibility index (Phi) is 3.74. The van der Waals surface area contributed by atoms with Gasteiger partial charge in [0.25, 0.3) is 5.91 Å². The number of amides is 1. The number of anilines is 1. The quantitative estimate of drug-likeness (QED) is 0.664. The molecule has 0 saturated carbocycles. The maximum absolute atomic E-state index is 13.3. The zero-order valence-corrected chi connectivity index (χ0v) is 16.0. The van der Waals surface area contributed by atoms with E-state index in [4.69, 9.17) is 16.3 Å². The highest BCUT2D eigenvalue weighted by Crippen LogP contribution is 2.50. The predicted octanol–water partition coefficient (Wildman–Crippen LogP) is 5.43. The third kappa shape index (κ3) is 2.46. The van der Waals surface area contributed by atoms with Crippen LogP contribution < -0.4 is 9.64 Å². The van der Waals surface area contributed by atoms with E-state index < -0.39 is 0 Å². The van der Waals surface area contributed by atoms with Gasteiger partial charge in [0, 0.05) is 16.1 Å². The zero-order chi connectivity index (χ0) is 18.6. The molecule has 2 heterocycles. The van der Waals surface area contributed by atoms with Gasteiger partial charge in [0.1, 0.15) is 5.75 Å². The Hall–Kier alpha value is -2.52. The number of ether oxygens (including phenoxy) is 1. The fourth-order valence-corrected chi connectivity index (χ4v) is 4.02. The third-order valence-corrected chi connectivity index (χ3v) is 5.27. The number of rotatable bonds is 2. The number of carbonyl (C=O) groups is 1. The van der Waals surface area contributed by atoms with Crippen LogP contribution in [0.15, 0.2) is 42.5 Å². The Morgan fingerprint density at radius 1 is 1.12 bits per heavy atom. The van der Waals surface area contributed by atoms with E-state index >= 15 is 0 Å². The van der Waals surface area contributed by atoms with E-state index in [0.717, 1.165) is 33.7 Å². The second-order valence-corrected chi connectivity index (χ2v) is 7.74. The van der Waals surface area contributed by atoms with Crippen LogP contribution in [-0.2, 0) is 4.79 Å². The summed E-state index contributed by atoms with van der Waals surface area (Å²) in [6.07, 6.45) is 4.07. The van der Waals surface area contributed by atoms with Crippen LogP contribution in [0.25, 0.3) is 17.2 Å². The van der Waals surface area contributed by atoms with Crippen molar-refractivity contribution in [2.75, 3.05) is 12.0 Å². The Balaban J connectivity index is 1.98. The van der Waals surface area contributed by atoms with E-state index in [2.05, 4.69) is 26.8 Å². The largest absolute Gasteiger partial charge is 0.497 e. The minimum atomic E-state index is -0.382. The van der Waals surface area contributed by atoms with Crippen LogP contribution in [-0.4, -0.2) is 18.6 Å². The van der Waals surface area contributed by atoms with Crippen LogP contribution in [0.3, 0.4) is 0 Å². The van der Waals surface area contributed by atoms with Crippen molar-refractivity contribution in [3.8, 4) is 5.75 Å². The molecule has 2 aliphatic rings. The molecular formula is C22H20ClNO2. The number of carbonyl (C=O) groups excluding carboxylic acids is 1. The Labute approximate surface area is 158 Å². The van der Waals surface area contributed by atoms with Crippen LogP contribution in [0, 0.1) is 0 Å². The van der Waals surface area contributed by atoms with Gasteiger partial charge in [-0.3, -0.25) is 9.69 Å². The molecular weight excluding hydrogens is 346 g/mol. The topological polar surface area (TPSA) is 29.5 Å². The van der Waals surface area contributed by atoms with E-state index in [1.807, 2.05) is 47.4 Å². The number of hydrogen-bond donors (Lipinski definition) is 0. The van der Waals surface area contributed by atoms with Gasteiger partial charge in [0.15, 0.2) is 0 Å². The first kappa shape index (κ1) is 16.9. The Morgan fingerprint density at radius 2 is 1.77 bits per heavy atom. The van der Waals surface area contributed by atoms with Crippen molar-refractivity contribution in [1.29, 1.82) is 0 Å². The summed E-state index contributed by atoms with van der Waals surface area (Å²) >= 11 is 5.99. The number of benzene rings is 2. The van der Waals surface area contributed by atoms with Gasteiger partial charge in [-0.25, -0.2) is 0 Å². The zero-order valence-electron chi connectivity index (χ0n) is 15.3. The molecule has 2 aromatic carbocycles. The third-order valence-electron chi connectivity index (χ3n) is 5.02. The molecule has 2 aromatic rings. The van der Waals surface area contributed by atoms with Crippen molar-refractivity contribution >= 4 is 40.4 Å². The molecule has 0 N–H and O–H groups in total. The number of hydrogen-bond acceptors (Lipinski definition) is 2. The van der Waals surface area contributed by atoms with Gasteiger partial charge in [-0.2, -0.15) is 0 Å². The summed E-state index contributed by atoms with van der Waals surface area (Å²) in [5, 5.41) is 0.676. The van der Waals surface area contributed by atoms with Gasteiger partial charge in [-0.15, -0.1) is 0 Å². The summed E-state index contributed by atoms with van der Waals surface area (Å²) in [5.41, 5.74) is 5.33. The lowest BCUT2D eigenvalue weighted by atomic mass is 9.89. The average molecular weight is 366 g/mol. The molecule has 4 rings (SSSR count). The monoisotopic (exact) mass is 365 g/mol. The van der Waals surface area contributed by atoms with Gasteiger partial charge < -0.3 is 4.74 Å². The number of methoxy groups -OCH3 is 1. The molecule has 0 aliphatic carbocycles. The minimum Gasteiger partial charge on any atom is -0.497 e. The maximum atomic E-state index is 13.3. The lowest BCUT2D eigenvalue weighted by molar-refractivity contribution is -0.113. The van der Waals surface area contributed by atoms with Crippen molar-refractivity contribution in [3.05, 3.63) is 64.2 Å². The van der Waals surface area contributed by atoms with E-state index in [-0.39, 0.29) is 11.4 Å². The number of allylic oxidation sites excluding steroid dienone is 1. The smallest absolute Gasteiger partial charge is 0.259 e. The highest BCUT2D eigenvalue weighted by molar-refractivity contribution is 6.37. The molecule has 0 saturated heterocycles. The van der Waals surface area contributed by atoms with Gasteiger partial charge in [0.05, 0.1) is 23.9 Å². The summed E-state index contributed by atoms with van der Waals surface area (Å²) in [5.74, 6) is 0.765. The first-order chi connectivity index (χ1) is 12.3. The molecule has 4 heteroatoms. The molecule has 0 aromatic heterocycles. The lowest BCUT2D eigenvalue weighted by Crippen LogP contribution is -2.46. The van der Waals surface area contributed by atoms with Gasteiger partial charge in [-0.1, -0.05) is 29.8 Å². The molecule has 0 unspecified atom stereocenters. The molecule has 0 fully saturated rings. The SMILES string of the molecule is COc1cc2c3c(c1)C(=Cc1ccc(Cl)cc1)C(=O)N3C(C)(C)C=C2C. The number of halogens is 1. The normalized spacial score (nSPS) is 18.8. The molecule has 0 atom stereocenters. The van der Waals surface area contributed by atoms with E-state index in [0.29, 0.717) is 10.6 Å². The summed E-state index contributed by atoms with van der Waals surface area (Å²) < 4.78 is 5.49. The summed E-state index contributed by atoms with van der Waals surface area (Å²) in [6.45, 7) is 6.21. The predicted molar refractivity (Wildman–Crippen MR) is 108 cm³/mol. The Morgan fingerprint density at radius 3 is 2.42 bits per heavy atom. The van der Waals surface area contributed by atoms with Crippen molar-refractivity contribution in [2.45, 2.75) is 26.3 Å². The lowest BCUT2D eigenvalue weighted by Gasteiger charge is -2.38. The molecule has 26 heavy (non-hydrogen) atoms. The van der Waals surface area contributed by atoms with Gasteiger partial charge in [-0.05, 0) is 62.2 Å². The number of nitrogens with zero attached hydrogens (tertiary/aromatic N) is 1. The highest BCUT2D eigenvalue weighted by atomic mass is 35.5. The standard InChI is InChI=1S/C22H20ClNO2/c1-13-12-22(2,3)24-20-17(13)10-16(26-4)11-18(20)19(21(24)25)9-14-5-7-15(23)8-6-14/h5-12H,1-4H3. The Bertz CT molecular complexity index is 984. The summed E-state index contributed by atoms with van der Waals surface area (Å²) in [6, 6.07) is 11.5. The fourth-order valence-electron chi connectivity index (χ4n) is 3.90. The van der Waals surface area contributed by atoms with Crippen LogP contribution >= 0.6 is 11.6 Å². The molecule has 2 aliphatic heterocycles. The van der Waals surface area contributed by atoms with Crippen LogP contribution in [0.2, 0.25) is 5.02 Å². The van der Waals surface area contributed by atoms with Crippen molar-refractivity contribution in [2.24, 2.45) is 0 Å². The van der Waals surface area contributed by atoms with Crippen LogP contribution in [0.1, 0.15) is 37.5 Å². The molecule has 0 spiro atoms. The van der Waals surface area contributed by atoms with Gasteiger partial charge >= 0.3 is 0 Å². The van der Waals surface area contributed by atoms with E-state index in [9.17, 15) is 4.79 Å². The summed E-state index contributed by atoms with van der Waals surface area (Å²) in [7, 11) is 1.65. The fraction of sp³-hybridized carbons (Fsp3) is 0.227. The highest BCUT2D eigenvalue weighted by Gasteiger charge is 2.44.